The molecule has 0 unspecified atom stereocenters. The summed E-state index contributed by atoms with van der Waals surface area (Å²) in [6, 6.07) is 7.94. The van der Waals surface area contributed by atoms with Crippen LogP contribution in [0.2, 0.25) is 0 Å². The number of amides is 1. The van der Waals surface area contributed by atoms with Crippen molar-refractivity contribution in [2.75, 3.05) is 0 Å². The Hall–Kier alpha value is -3.09. The number of rotatable bonds is 4. The molecular weight excluding hydrogens is 284 g/mol. The van der Waals surface area contributed by atoms with Crippen molar-refractivity contribution in [3.63, 3.8) is 0 Å². The van der Waals surface area contributed by atoms with Crippen molar-refractivity contribution in [3.05, 3.63) is 69.5 Å². The Bertz CT molecular complexity index is 742. The van der Waals surface area contributed by atoms with Crippen LogP contribution in [0.4, 0.5) is 5.69 Å². The predicted octanol–water partition coefficient (Wildman–Crippen LogP) is 2.45. The Balaban J connectivity index is 2.18. The summed E-state index contributed by atoms with van der Waals surface area (Å²) in [5, 5.41) is 14.9. The number of nitro benzene ring substituents is 1. The second-order valence-corrected chi connectivity index (χ2v) is 4.63. The molecule has 1 amide bonds. The number of nitrogens with one attached hydrogen (secondary N) is 1. The number of benzene rings is 1. The molecule has 0 saturated heterocycles. The van der Waals surface area contributed by atoms with E-state index < -0.39 is 4.92 Å². The van der Waals surface area contributed by atoms with E-state index in [1.54, 1.807) is 38.1 Å². The van der Waals surface area contributed by atoms with E-state index in [1.165, 1.54) is 18.5 Å². The normalized spacial score (nSPS) is 11.1. The van der Waals surface area contributed by atoms with Crippen LogP contribution in [0, 0.1) is 17.0 Å². The summed E-state index contributed by atoms with van der Waals surface area (Å²) in [5.74, 6) is -0.372. The molecule has 0 spiro atoms. The highest BCUT2D eigenvalue weighted by Crippen LogP contribution is 2.19. The van der Waals surface area contributed by atoms with E-state index in [9.17, 15) is 14.9 Å². The van der Waals surface area contributed by atoms with E-state index >= 15 is 0 Å². The molecule has 2 aromatic rings. The number of aryl methyl sites for hydroxylation is 1. The van der Waals surface area contributed by atoms with Gasteiger partial charge >= 0.3 is 0 Å². The molecule has 0 atom stereocenters. The van der Waals surface area contributed by atoms with Gasteiger partial charge in [-0.3, -0.25) is 19.9 Å². The number of nitro groups is 1. The minimum atomic E-state index is -0.443. The van der Waals surface area contributed by atoms with Crippen LogP contribution in [0.3, 0.4) is 0 Å². The minimum Gasteiger partial charge on any atom is -0.267 e. The summed E-state index contributed by atoms with van der Waals surface area (Å²) in [7, 11) is 0. The van der Waals surface area contributed by atoms with Crippen LogP contribution < -0.4 is 5.43 Å². The lowest BCUT2D eigenvalue weighted by Crippen LogP contribution is -2.19. The van der Waals surface area contributed by atoms with E-state index in [2.05, 4.69) is 15.5 Å². The Morgan fingerprint density at radius 2 is 1.91 bits per heavy atom. The van der Waals surface area contributed by atoms with Crippen LogP contribution in [-0.2, 0) is 0 Å². The summed E-state index contributed by atoms with van der Waals surface area (Å²) in [6.07, 6.45) is 3.02. The van der Waals surface area contributed by atoms with Gasteiger partial charge in [0.1, 0.15) is 0 Å². The topological polar surface area (TPSA) is 97.5 Å². The quantitative estimate of drug-likeness (QED) is 0.532. The van der Waals surface area contributed by atoms with Gasteiger partial charge in [0, 0.05) is 35.2 Å². The second-order valence-electron chi connectivity index (χ2n) is 4.63. The van der Waals surface area contributed by atoms with E-state index in [0.717, 1.165) is 0 Å². The van der Waals surface area contributed by atoms with Gasteiger partial charge in [-0.2, -0.15) is 5.10 Å². The highest BCUT2D eigenvalue weighted by molar-refractivity contribution is 6.01. The summed E-state index contributed by atoms with van der Waals surface area (Å²) in [4.78, 5) is 26.2. The number of pyridine rings is 1. The number of hydrogen-bond acceptors (Lipinski definition) is 5. The highest BCUT2D eigenvalue weighted by Gasteiger charge is 2.12. The van der Waals surface area contributed by atoms with Gasteiger partial charge in [0.25, 0.3) is 11.6 Å². The second kappa shape index (κ2) is 6.57. The van der Waals surface area contributed by atoms with Crippen LogP contribution in [0.5, 0.6) is 0 Å². The molecule has 0 aliphatic heterocycles. The van der Waals surface area contributed by atoms with Crippen molar-refractivity contribution in [1.82, 2.24) is 10.4 Å². The van der Waals surface area contributed by atoms with Gasteiger partial charge in [0.05, 0.1) is 10.6 Å². The molecule has 2 rings (SSSR count). The molecule has 0 saturated carbocycles. The van der Waals surface area contributed by atoms with Crippen LogP contribution in [-0.4, -0.2) is 21.5 Å². The number of carbonyl (C=O) groups excluding carboxylic acids is 1. The largest absolute Gasteiger partial charge is 0.272 e. The first-order valence-electron chi connectivity index (χ1n) is 6.49. The van der Waals surface area contributed by atoms with E-state index in [1.807, 2.05) is 0 Å². The number of hydrazone groups is 1. The first kappa shape index (κ1) is 15.3. The Kier molecular flexibility index (Phi) is 4.57. The van der Waals surface area contributed by atoms with Crippen LogP contribution in [0.15, 0.2) is 47.8 Å². The van der Waals surface area contributed by atoms with Crippen molar-refractivity contribution in [2.24, 2.45) is 5.10 Å². The zero-order valence-electron chi connectivity index (χ0n) is 12.1. The number of nitrogens with zero attached hydrogens (tertiary/aromatic N) is 3. The summed E-state index contributed by atoms with van der Waals surface area (Å²) in [6.45, 7) is 3.33. The zero-order chi connectivity index (χ0) is 16.1. The maximum atomic E-state index is 11.9. The van der Waals surface area contributed by atoms with Gasteiger partial charge in [0.2, 0.25) is 0 Å². The fourth-order valence-electron chi connectivity index (χ4n) is 1.80. The molecular formula is C15H14N4O3. The molecule has 0 aliphatic rings. The smallest absolute Gasteiger partial charge is 0.267 e. The zero-order valence-corrected chi connectivity index (χ0v) is 12.1. The Labute approximate surface area is 126 Å². The maximum absolute atomic E-state index is 11.9. The van der Waals surface area contributed by atoms with Gasteiger partial charge in [0.15, 0.2) is 0 Å². The Morgan fingerprint density at radius 1 is 1.23 bits per heavy atom. The van der Waals surface area contributed by atoms with Crippen molar-refractivity contribution in [2.45, 2.75) is 13.8 Å². The first-order valence-corrected chi connectivity index (χ1v) is 6.49. The maximum Gasteiger partial charge on any atom is 0.272 e. The van der Waals surface area contributed by atoms with E-state index in [0.29, 0.717) is 22.4 Å². The average molecular weight is 298 g/mol. The lowest BCUT2D eigenvalue weighted by Gasteiger charge is -2.04. The lowest BCUT2D eigenvalue weighted by molar-refractivity contribution is -0.385. The summed E-state index contributed by atoms with van der Waals surface area (Å²) < 4.78 is 0. The molecule has 112 valence electrons. The van der Waals surface area contributed by atoms with Crippen LogP contribution >= 0.6 is 0 Å². The monoisotopic (exact) mass is 298 g/mol. The fraction of sp³-hybridized carbons (Fsp3) is 0.133. The van der Waals surface area contributed by atoms with Gasteiger partial charge in [-0.25, -0.2) is 5.43 Å². The first-order chi connectivity index (χ1) is 10.5. The highest BCUT2D eigenvalue weighted by atomic mass is 16.6. The van der Waals surface area contributed by atoms with Crippen LogP contribution in [0.25, 0.3) is 0 Å². The lowest BCUT2D eigenvalue weighted by atomic mass is 10.1. The fourth-order valence-corrected chi connectivity index (χ4v) is 1.80. The molecule has 1 aromatic carbocycles. The van der Waals surface area contributed by atoms with Gasteiger partial charge in [-0.1, -0.05) is 12.1 Å². The molecule has 22 heavy (non-hydrogen) atoms. The summed E-state index contributed by atoms with van der Waals surface area (Å²) in [5.41, 5.74) is 4.49. The molecule has 0 fully saturated rings. The molecule has 1 heterocycles. The van der Waals surface area contributed by atoms with Crippen molar-refractivity contribution in [3.8, 4) is 0 Å². The van der Waals surface area contributed by atoms with Crippen molar-refractivity contribution in [1.29, 1.82) is 0 Å². The van der Waals surface area contributed by atoms with Gasteiger partial charge in [-0.15, -0.1) is 0 Å². The number of carbonyl (C=O) groups is 1. The molecule has 0 aliphatic carbocycles. The summed E-state index contributed by atoms with van der Waals surface area (Å²) >= 11 is 0. The molecule has 7 nitrogen and oxygen atoms in total. The van der Waals surface area contributed by atoms with E-state index in [4.69, 9.17) is 0 Å². The predicted molar refractivity (Wildman–Crippen MR) is 81.7 cm³/mol. The van der Waals surface area contributed by atoms with Crippen LogP contribution in [0.1, 0.15) is 28.4 Å². The van der Waals surface area contributed by atoms with Gasteiger partial charge in [-0.05, 0) is 26.0 Å². The standard InChI is InChI=1S/C15H14N4O3/c1-10-3-4-13(9-14(10)19(21)22)11(2)17-18-15(20)12-5-7-16-8-6-12/h3-9H,1-2H3,(H,18,20). The van der Waals surface area contributed by atoms with Gasteiger partial charge < -0.3 is 0 Å². The molecule has 0 bridgehead atoms. The third-order valence-electron chi connectivity index (χ3n) is 3.09. The third kappa shape index (κ3) is 3.51. The molecule has 1 N–H and O–H groups in total. The SMILES string of the molecule is CC(=NNC(=O)c1ccncc1)c1ccc(C)c([N+](=O)[O-])c1. The van der Waals surface area contributed by atoms with Crippen molar-refractivity contribution >= 4 is 17.3 Å². The number of aromatic nitrogens is 1. The molecule has 1 aromatic heterocycles. The van der Waals surface area contributed by atoms with E-state index in [-0.39, 0.29) is 11.6 Å². The minimum absolute atomic E-state index is 0.0208. The third-order valence-corrected chi connectivity index (χ3v) is 3.09. The number of hydrogen-bond donors (Lipinski definition) is 1. The Morgan fingerprint density at radius 3 is 2.55 bits per heavy atom. The molecule has 7 heteroatoms. The molecule has 0 radical (unpaired) electrons. The van der Waals surface area contributed by atoms with Crippen molar-refractivity contribution < 1.29 is 9.72 Å². The average Bonchev–Trinajstić information content (AvgIpc) is 2.53.